The van der Waals surface area contributed by atoms with E-state index in [1.54, 1.807) is 0 Å². The zero-order valence-electron chi connectivity index (χ0n) is 14.4. The van der Waals surface area contributed by atoms with Crippen LogP contribution in [0.3, 0.4) is 0 Å². The number of nitrogens with zero attached hydrogens (tertiary/aromatic N) is 4. The summed E-state index contributed by atoms with van der Waals surface area (Å²) in [5.41, 5.74) is 3.40. The van der Waals surface area contributed by atoms with Crippen molar-refractivity contribution in [3.8, 4) is 0 Å². The number of hydrogen-bond donors (Lipinski definition) is 1. The molecule has 1 saturated heterocycles. The Kier molecular flexibility index (Phi) is 5.25. The van der Waals surface area contributed by atoms with Crippen molar-refractivity contribution in [2.45, 2.75) is 52.4 Å². The summed E-state index contributed by atoms with van der Waals surface area (Å²) in [6.07, 6.45) is 8.29. The minimum absolute atomic E-state index is 0.0197. The minimum Gasteiger partial charge on any atom is -0.352 e. The van der Waals surface area contributed by atoms with Gasteiger partial charge in [-0.1, -0.05) is 6.07 Å². The lowest BCUT2D eigenvalue weighted by molar-refractivity contribution is -0.119. The van der Waals surface area contributed by atoms with Gasteiger partial charge in [-0.25, -0.2) is 0 Å². The van der Waals surface area contributed by atoms with E-state index in [-0.39, 0.29) is 5.91 Å². The Bertz CT molecular complexity index is 679. The molecule has 1 N–H and O–H groups in total. The van der Waals surface area contributed by atoms with E-state index >= 15 is 0 Å². The summed E-state index contributed by atoms with van der Waals surface area (Å²) < 4.78 is 1.97. The Morgan fingerprint density at radius 1 is 1.33 bits per heavy atom. The largest absolute Gasteiger partial charge is 0.352 e. The zero-order valence-corrected chi connectivity index (χ0v) is 14.4. The second-order valence-electron chi connectivity index (χ2n) is 6.33. The fourth-order valence-corrected chi connectivity index (χ4v) is 3.21. The lowest BCUT2D eigenvalue weighted by Crippen LogP contribution is -2.23. The van der Waals surface area contributed by atoms with Gasteiger partial charge >= 0.3 is 0 Å². The van der Waals surface area contributed by atoms with Crippen LogP contribution in [0.1, 0.15) is 49.6 Å². The Balaban J connectivity index is 1.65. The van der Waals surface area contributed by atoms with E-state index in [2.05, 4.69) is 45.6 Å². The van der Waals surface area contributed by atoms with E-state index in [0.29, 0.717) is 12.6 Å². The maximum atomic E-state index is 11.0. The quantitative estimate of drug-likeness (QED) is 0.884. The molecular formula is C18H25N5O. The Morgan fingerprint density at radius 3 is 2.88 bits per heavy atom. The first-order valence-electron chi connectivity index (χ1n) is 8.60. The number of nitrogens with one attached hydrogen (secondary N) is 1. The van der Waals surface area contributed by atoms with Gasteiger partial charge in [-0.3, -0.25) is 19.4 Å². The van der Waals surface area contributed by atoms with Crippen LogP contribution >= 0.6 is 0 Å². The molecule has 6 nitrogen and oxygen atoms in total. The molecule has 3 rings (SSSR count). The minimum atomic E-state index is -0.0197. The lowest BCUT2D eigenvalue weighted by Gasteiger charge is -2.23. The van der Waals surface area contributed by atoms with Gasteiger partial charge in [0, 0.05) is 44.5 Å². The Labute approximate surface area is 142 Å². The number of carbonyl (C=O) groups is 1. The van der Waals surface area contributed by atoms with Crippen LogP contribution in [0.2, 0.25) is 0 Å². The van der Waals surface area contributed by atoms with Gasteiger partial charge in [0.15, 0.2) is 0 Å². The lowest BCUT2D eigenvalue weighted by atomic mass is 10.1. The third-order valence-corrected chi connectivity index (χ3v) is 4.49. The first kappa shape index (κ1) is 16.6. The highest BCUT2D eigenvalue weighted by molar-refractivity contribution is 5.72. The van der Waals surface area contributed by atoms with E-state index in [1.165, 1.54) is 18.9 Å². The molecule has 0 aliphatic carbocycles. The van der Waals surface area contributed by atoms with Crippen molar-refractivity contribution in [2.24, 2.45) is 0 Å². The third kappa shape index (κ3) is 4.00. The van der Waals surface area contributed by atoms with E-state index in [0.717, 1.165) is 37.3 Å². The van der Waals surface area contributed by atoms with Crippen LogP contribution in [-0.2, 0) is 24.4 Å². The average Bonchev–Trinajstić information content (AvgIpc) is 3.23. The molecule has 1 amide bonds. The maximum absolute atomic E-state index is 11.0. The number of aryl methyl sites for hydroxylation is 1. The molecule has 2 aromatic rings. The van der Waals surface area contributed by atoms with Crippen LogP contribution in [0.4, 0.5) is 0 Å². The summed E-state index contributed by atoms with van der Waals surface area (Å²) in [6.45, 7) is 7.08. The summed E-state index contributed by atoms with van der Waals surface area (Å²) in [5, 5.41) is 7.16. The highest BCUT2D eigenvalue weighted by atomic mass is 16.1. The van der Waals surface area contributed by atoms with Crippen molar-refractivity contribution in [3.63, 3.8) is 0 Å². The fraction of sp³-hybridized carbons (Fsp3) is 0.500. The monoisotopic (exact) mass is 327 g/mol. The number of aromatic nitrogens is 3. The molecule has 6 heteroatoms. The molecule has 0 radical (unpaired) electrons. The predicted octanol–water partition coefficient (Wildman–Crippen LogP) is 2.27. The van der Waals surface area contributed by atoms with Crippen LogP contribution in [0.5, 0.6) is 0 Å². The normalized spacial score (nSPS) is 18.0. The topological polar surface area (TPSA) is 63.0 Å². The molecule has 0 aromatic carbocycles. The van der Waals surface area contributed by atoms with Gasteiger partial charge in [0.1, 0.15) is 0 Å². The van der Waals surface area contributed by atoms with Crippen molar-refractivity contribution in [3.05, 3.63) is 47.5 Å². The predicted molar refractivity (Wildman–Crippen MR) is 92.0 cm³/mol. The summed E-state index contributed by atoms with van der Waals surface area (Å²) >= 11 is 0. The third-order valence-electron chi connectivity index (χ3n) is 4.49. The SMILES string of the molecule is CCn1cc(CN2CCC[C@H]2c2ccc(CNC(C)=O)cn2)cn1. The molecule has 1 fully saturated rings. The molecule has 1 atom stereocenters. The van der Waals surface area contributed by atoms with E-state index in [4.69, 9.17) is 0 Å². The van der Waals surface area contributed by atoms with Crippen molar-refractivity contribution in [1.82, 2.24) is 25.0 Å². The first-order valence-corrected chi connectivity index (χ1v) is 8.60. The van der Waals surface area contributed by atoms with Crippen LogP contribution in [0, 0.1) is 0 Å². The highest BCUT2D eigenvalue weighted by Crippen LogP contribution is 2.32. The molecule has 3 heterocycles. The summed E-state index contributed by atoms with van der Waals surface area (Å²) in [4.78, 5) is 18.1. The van der Waals surface area contributed by atoms with Gasteiger partial charge in [0.2, 0.25) is 5.91 Å². The molecule has 0 spiro atoms. The second-order valence-corrected chi connectivity index (χ2v) is 6.33. The second kappa shape index (κ2) is 7.57. The zero-order chi connectivity index (χ0) is 16.9. The standard InChI is InChI=1S/C18H25N5O/c1-3-23-13-16(11-21-23)12-22-8-4-5-18(22)17-7-6-15(10-20-17)9-19-14(2)24/h6-7,10-11,13,18H,3-5,8-9,12H2,1-2H3,(H,19,24)/t18-/m0/s1. The van der Waals surface area contributed by atoms with Gasteiger partial charge < -0.3 is 5.32 Å². The average molecular weight is 327 g/mol. The van der Waals surface area contributed by atoms with Gasteiger partial charge in [-0.05, 0) is 37.9 Å². The molecule has 1 aliphatic rings. The summed E-state index contributed by atoms with van der Waals surface area (Å²) in [6, 6.07) is 4.52. The molecule has 0 bridgehead atoms. The smallest absolute Gasteiger partial charge is 0.217 e. The number of hydrogen-bond acceptors (Lipinski definition) is 4. The number of rotatable bonds is 6. The van der Waals surface area contributed by atoms with Crippen molar-refractivity contribution < 1.29 is 4.79 Å². The fourth-order valence-electron chi connectivity index (χ4n) is 3.21. The first-order chi connectivity index (χ1) is 11.7. The molecule has 128 valence electrons. The number of likely N-dealkylation sites (tertiary alicyclic amines) is 1. The van der Waals surface area contributed by atoms with Crippen molar-refractivity contribution in [1.29, 1.82) is 0 Å². The van der Waals surface area contributed by atoms with Crippen LogP contribution < -0.4 is 5.32 Å². The summed E-state index contributed by atoms with van der Waals surface area (Å²) in [7, 11) is 0. The van der Waals surface area contributed by atoms with E-state index in [9.17, 15) is 4.79 Å². The Hall–Kier alpha value is -2.21. The molecule has 1 aliphatic heterocycles. The van der Waals surface area contributed by atoms with Crippen LogP contribution in [0.15, 0.2) is 30.7 Å². The van der Waals surface area contributed by atoms with Crippen LogP contribution in [0.25, 0.3) is 0 Å². The molecular weight excluding hydrogens is 302 g/mol. The van der Waals surface area contributed by atoms with Gasteiger partial charge in [0.25, 0.3) is 0 Å². The molecule has 0 unspecified atom stereocenters. The van der Waals surface area contributed by atoms with E-state index in [1.807, 2.05) is 17.1 Å². The highest BCUT2D eigenvalue weighted by Gasteiger charge is 2.27. The van der Waals surface area contributed by atoms with Gasteiger partial charge in [0.05, 0.1) is 17.9 Å². The van der Waals surface area contributed by atoms with Crippen LogP contribution in [-0.4, -0.2) is 32.1 Å². The van der Waals surface area contributed by atoms with Crippen molar-refractivity contribution >= 4 is 5.91 Å². The van der Waals surface area contributed by atoms with E-state index < -0.39 is 0 Å². The van der Waals surface area contributed by atoms with Gasteiger partial charge in [-0.2, -0.15) is 5.10 Å². The summed E-state index contributed by atoms with van der Waals surface area (Å²) in [5.74, 6) is -0.0197. The maximum Gasteiger partial charge on any atom is 0.217 e. The molecule has 0 saturated carbocycles. The molecule has 2 aromatic heterocycles. The number of carbonyl (C=O) groups excluding carboxylic acids is 1. The molecule has 24 heavy (non-hydrogen) atoms. The van der Waals surface area contributed by atoms with Gasteiger partial charge in [-0.15, -0.1) is 0 Å². The number of amides is 1. The van der Waals surface area contributed by atoms with Crippen molar-refractivity contribution in [2.75, 3.05) is 6.54 Å². The Morgan fingerprint density at radius 2 is 2.21 bits per heavy atom. The number of pyridine rings is 1.